The molecule has 0 radical (unpaired) electrons. The Bertz CT molecular complexity index is 635. The maximum atomic E-state index is 13.9. The third-order valence-corrected chi connectivity index (χ3v) is 3.69. The van der Waals surface area contributed by atoms with E-state index in [-0.39, 0.29) is 11.3 Å². The summed E-state index contributed by atoms with van der Waals surface area (Å²) in [6, 6.07) is 4.11. The van der Waals surface area contributed by atoms with Crippen LogP contribution < -0.4 is 5.32 Å². The van der Waals surface area contributed by atoms with Crippen molar-refractivity contribution in [2.75, 3.05) is 13.6 Å². The van der Waals surface area contributed by atoms with Gasteiger partial charge < -0.3 is 5.32 Å². The first-order valence-electron chi connectivity index (χ1n) is 6.09. The Balaban J connectivity index is 2.08. The number of halogens is 1. The van der Waals surface area contributed by atoms with E-state index in [0.29, 0.717) is 18.2 Å². The molecule has 0 saturated carbocycles. The number of likely N-dealkylation sites (N-methyl/N-ethyl adjacent to an activating group) is 1. The van der Waals surface area contributed by atoms with E-state index in [1.807, 2.05) is 7.05 Å². The fourth-order valence-corrected chi connectivity index (χ4v) is 2.50. The SMILES string of the molecule is CNCCn1nnnc1SCc1cccc([N+](=O)[O-])c1F. The van der Waals surface area contributed by atoms with Gasteiger partial charge in [0.2, 0.25) is 11.0 Å². The Labute approximate surface area is 123 Å². The number of tetrazole rings is 1. The van der Waals surface area contributed by atoms with E-state index in [4.69, 9.17) is 0 Å². The predicted molar refractivity (Wildman–Crippen MR) is 74.4 cm³/mol. The predicted octanol–water partition coefficient (Wildman–Crippen LogP) is 1.23. The molecule has 1 N–H and O–H groups in total. The fraction of sp³-hybridized carbons (Fsp3) is 0.364. The molecule has 0 bridgehead atoms. The summed E-state index contributed by atoms with van der Waals surface area (Å²) in [5, 5.41) is 25.5. The summed E-state index contributed by atoms with van der Waals surface area (Å²) in [4.78, 5) is 9.96. The molecule has 8 nitrogen and oxygen atoms in total. The molecule has 10 heteroatoms. The smallest absolute Gasteiger partial charge is 0.305 e. The van der Waals surface area contributed by atoms with Crippen molar-refractivity contribution in [1.82, 2.24) is 25.5 Å². The number of aromatic nitrogens is 4. The topological polar surface area (TPSA) is 98.8 Å². The lowest BCUT2D eigenvalue weighted by molar-refractivity contribution is -0.387. The molecule has 0 amide bonds. The molecular weight excluding hydrogens is 299 g/mol. The number of benzene rings is 1. The van der Waals surface area contributed by atoms with Gasteiger partial charge in [-0.05, 0) is 17.5 Å². The third kappa shape index (κ3) is 3.73. The van der Waals surface area contributed by atoms with Gasteiger partial charge in [-0.3, -0.25) is 10.1 Å². The van der Waals surface area contributed by atoms with Crippen molar-refractivity contribution in [3.63, 3.8) is 0 Å². The van der Waals surface area contributed by atoms with Crippen molar-refractivity contribution in [2.45, 2.75) is 17.5 Å². The van der Waals surface area contributed by atoms with Gasteiger partial charge in [0.05, 0.1) is 11.5 Å². The van der Waals surface area contributed by atoms with Gasteiger partial charge in [-0.25, -0.2) is 4.68 Å². The highest BCUT2D eigenvalue weighted by Crippen LogP contribution is 2.26. The van der Waals surface area contributed by atoms with E-state index in [1.54, 1.807) is 4.68 Å². The van der Waals surface area contributed by atoms with Crippen LogP contribution in [0.4, 0.5) is 10.1 Å². The number of rotatable bonds is 7. The Morgan fingerprint density at radius 3 is 3.05 bits per heavy atom. The second kappa shape index (κ2) is 7.09. The molecule has 112 valence electrons. The van der Waals surface area contributed by atoms with Crippen molar-refractivity contribution in [1.29, 1.82) is 0 Å². The molecule has 0 aliphatic rings. The lowest BCUT2D eigenvalue weighted by Crippen LogP contribution is -2.16. The average molecular weight is 312 g/mol. The summed E-state index contributed by atoms with van der Waals surface area (Å²) in [7, 11) is 1.82. The molecule has 0 aliphatic carbocycles. The van der Waals surface area contributed by atoms with Gasteiger partial charge in [-0.15, -0.1) is 5.10 Å². The van der Waals surface area contributed by atoms with Gasteiger partial charge in [0.1, 0.15) is 0 Å². The first-order valence-corrected chi connectivity index (χ1v) is 7.07. The molecule has 0 unspecified atom stereocenters. The number of thioether (sulfide) groups is 1. The quantitative estimate of drug-likeness (QED) is 0.466. The molecule has 1 aromatic carbocycles. The molecule has 1 aromatic heterocycles. The molecule has 21 heavy (non-hydrogen) atoms. The molecular formula is C11H13FN6O2S. The zero-order valence-corrected chi connectivity index (χ0v) is 12.0. The lowest BCUT2D eigenvalue weighted by Gasteiger charge is -2.05. The monoisotopic (exact) mass is 312 g/mol. The minimum absolute atomic E-state index is 0.216. The van der Waals surface area contributed by atoms with Crippen LogP contribution in [0.2, 0.25) is 0 Å². The highest BCUT2D eigenvalue weighted by atomic mass is 32.2. The van der Waals surface area contributed by atoms with Gasteiger partial charge in [-0.1, -0.05) is 23.9 Å². The van der Waals surface area contributed by atoms with Crippen molar-refractivity contribution < 1.29 is 9.31 Å². The van der Waals surface area contributed by atoms with Crippen LogP contribution in [0.25, 0.3) is 0 Å². The normalized spacial score (nSPS) is 10.8. The van der Waals surface area contributed by atoms with Gasteiger partial charge in [0.15, 0.2) is 0 Å². The molecule has 0 fully saturated rings. The second-order valence-electron chi connectivity index (χ2n) is 4.08. The van der Waals surface area contributed by atoms with E-state index in [1.165, 1.54) is 23.9 Å². The van der Waals surface area contributed by atoms with Gasteiger partial charge in [0, 0.05) is 23.9 Å². The Kier molecular flexibility index (Phi) is 5.17. The van der Waals surface area contributed by atoms with Crippen LogP contribution in [-0.4, -0.2) is 38.7 Å². The number of hydrogen-bond acceptors (Lipinski definition) is 7. The number of nitro benzene ring substituents is 1. The van der Waals surface area contributed by atoms with Crippen LogP contribution in [0.15, 0.2) is 23.4 Å². The summed E-state index contributed by atoms with van der Waals surface area (Å²) in [6.45, 7) is 1.28. The average Bonchev–Trinajstić information content (AvgIpc) is 2.91. The summed E-state index contributed by atoms with van der Waals surface area (Å²) in [6.07, 6.45) is 0. The van der Waals surface area contributed by atoms with E-state index in [2.05, 4.69) is 20.8 Å². The largest absolute Gasteiger partial charge is 0.318 e. The van der Waals surface area contributed by atoms with Crippen molar-refractivity contribution in [3.05, 3.63) is 39.7 Å². The van der Waals surface area contributed by atoms with Crippen LogP contribution in [-0.2, 0) is 12.3 Å². The molecule has 2 aromatic rings. The summed E-state index contributed by atoms with van der Waals surface area (Å²) < 4.78 is 15.5. The molecule has 0 atom stereocenters. The lowest BCUT2D eigenvalue weighted by atomic mass is 10.2. The van der Waals surface area contributed by atoms with Crippen LogP contribution in [0.3, 0.4) is 0 Å². The zero-order chi connectivity index (χ0) is 15.2. The van der Waals surface area contributed by atoms with Gasteiger partial charge in [0.25, 0.3) is 0 Å². The zero-order valence-electron chi connectivity index (χ0n) is 11.2. The maximum Gasteiger partial charge on any atom is 0.305 e. The molecule has 0 saturated heterocycles. The van der Waals surface area contributed by atoms with Crippen LogP contribution in [0, 0.1) is 15.9 Å². The standard InChI is InChI=1S/C11H13FN6O2S/c1-13-5-6-17-11(14-15-16-17)21-7-8-3-2-4-9(10(8)12)18(19)20/h2-4,13H,5-7H2,1H3. The number of nitrogens with one attached hydrogen (secondary N) is 1. The van der Waals surface area contributed by atoms with E-state index >= 15 is 0 Å². The van der Waals surface area contributed by atoms with Crippen LogP contribution in [0.1, 0.15) is 5.56 Å². The van der Waals surface area contributed by atoms with Gasteiger partial charge in [-0.2, -0.15) is 4.39 Å². The Morgan fingerprint density at radius 1 is 1.52 bits per heavy atom. The highest BCUT2D eigenvalue weighted by Gasteiger charge is 2.18. The molecule has 2 rings (SSSR count). The Morgan fingerprint density at radius 2 is 2.33 bits per heavy atom. The summed E-state index contributed by atoms with van der Waals surface area (Å²) in [5.41, 5.74) is -0.278. The minimum atomic E-state index is -0.816. The highest BCUT2D eigenvalue weighted by molar-refractivity contribution is 7.98. The number of nitro groups is 1. The van der Waals surface area contributed by atoms with Crippen LogP contribution in [0.5, 0.6) is 0 Å². The summed E-state index contributed by atoms with van der Waals surface area (Å²) in [5.74, 6) is -0.600. The molecule has 0 aliphatic heterocycles. The van der Waals surface area contributed by atoms with E-state index in [0.717, 1.165) is 6.07 Å². The number of hydrogen-bond donors (Lipinski definition) is 1. The van der Waals surface area contributed by atoms with Crippen LogP contribution >= 0.6 is 11.8 Å². The first kappa shape index (κ1) is 15.3. The minimum Gasteiger partial charge on any atom is -0.318 e. The number of nitrogens with zero attached hydrogens (tertiary/aromatic N) is 5. The van der Waals surface area contributed by atoms with Crippen molar-refractivity contribution in [3.8, 4) is 0 Å². The second-order valence-corrected chi connectivity index (χ2v) is 5.03. The molecule has 1 heterocycles. The fourth-order valence-electron chi connectivity index (χ4n) is 1.62. The van der Waals surface area contributed by atoms with Gasteiger partial charge >= 0.3 is 5.69 Å². The van der Waals surface area contributed by atoms with E-state index in [9.17, 15) is 14.5 Å². The van der Waals surface area contributed by atoms with E-state index < -0.39 is 16.4 Å². The first-order chi connectivity index (χ1) is 10.1. The third-order valence-electron chi connectivity index (χ3n) is 2.68. The summed E-state index contributed by atoms with van der Waals surface area (Å²) >= 11 is 1.23. The Hall–Kier alpha value is -2.07. The maximum absolute atomic E-state index is 13.9. The van der Waals surface area contributed by atoms with Crippen molar-refractivity contribution in [2.24, 2.45) is 0 Å². The van der Waals surface area contributed by atoms with Crippen molar-refractivity contribution >= 4 is 17.4 Å². The molecule has 0 spiro atoms.